The maximum absolute atomic E-state index is 12.7. The maximum Gasteiger partial charge on any atom is 0.306 e. The zero-order chi connectivity index (χ0) is 45.8. The molecule has 0 aromatic heterocycles. The van der Waals surface area contributed by atoms with E-state index >= 15 is 0 Å². The summed E-state index contributed by atoms with van der Waals surface area (Å²) in [6.07, 6.45) is 64.1. The molecular weight excluding hydrogens is 781 g/mol. The molecule has 0 aliphatic carbocycles. The predicted molar refractivity (Wildman–Crippen MR) is 270 cm³/mol. The van der Waals surface area contributed by atoms with Crippen LogP contribution in [0, 0.1) is 0 Å². The molecule has 0 saturated carbocycles. The van der Waals surface area contributed by atoms with Gasteiger partial charge in [0, 0.05) is 19.3 Å². The fourth-order valence-corrected chi connectivity index (χ4v) is 7.47. The van der Waals surface area contributed by atoms with Crippen molar-refractivity contribution in [3.63, 3.8) is 0 Å². The molecule has 0 aliphatic rings. The first-order valence-electron chi connectivity index (χ1n) is 26.8. The van der Waals surface area contributed by atoms with Gasteiger partial charge in [-0.25, -0.2) is 0 Å². The Morgan fingerprint density at radius 2 is 0.635 bits per heavy atom. The summed E-state index contributed by atoms with van der Waals surface area (Å²) in [5.74, 6) is -0.895. The number of esters is 3. The van der Waals surface area contributed by atoms with Gasteiger partial charge in [-0.05, 0) is 77.0 Å². The quantitative estimate of drug-likeness (QED) is 0.0262. The molecule has 0 fully saturated rings. The predicted octanol–water partition coefficient (Wildman–Crippen LogP) is 17.6. The van der Waals surface area contributed by atoms with Crippen LogP contribution < -0.4 is 0 Å². The highest BCUT2D eigenvalue weighted by atomic mass is 16.6. The second-order valence-corrected chi connectivity index (χ2v) is 17.8. The number of ether oxygens (including phenoxy) is 3. The van der Waals surface area contributed by atoms with Gasteiger partial charge < -0.3 is 14.2 Å². The maximum atomic E-state index is 12.7. The van der Waals surface area contributed by atoms with Gasteiger partial charge in [0.25, 0.3) is 0 Å². The van der Waals surface area contributed by atoms with Crippen LogP contribution in [0.1, 0.15) is 265 Å². The number of allylic oxidation sites excluding steroid dienone is 10. The van der Waals surface area contributed by atoms with Crippen LogP contribution in [0.2, 0.25) is 0 Å². The van der Waals surface area contributed by atoms with Crippen molar-refractivity contribution in [1.82, 2.24) is 0 Å². The molecule has 0 radical (unpaired) electrons. The van der Waals surface area contributed by atoms with Gasteiger partial charge >= 0.3 is 17.9 Å². The largest absolute Gasteiger partial charge is 0.462 e. The summed E-state index contributed by atoms with van der Waals surface area (Å²) in [6, 6.07) is 0. The number of carbonyl (C=O) groups is 3. The SMILES string of the molecule is CC/C=C\C/C=C\C/C=C\C/C=C\CCCCCCCCCCCCCCCCCCC(=O)OCC(COC(=O)CCCCCCC)OC(=O)CCCCCCC/C=C\CCCC. The third-order valence-corrected chi connectivity index (χ3v) is 11.5. The molecule has 0 heterocycles. The van der Waals surface area contributed by atoms with Crippen molar-refractivity contribution < 1.29 is 28.6 Å². The molecule has 0 aromatic rings. The fourth-order valence-electron chi connectivity index (χ4n) is 7.47. The molecule has 0 saturated heterocycles. The lowest BCUT2D eigenvalue weighted by molar-refractivity contribution is -0.167. The van der Waals surface area contributed by atoms with Crippen LogP contribution in [0.4, 0.5) is 0 Å². The van der Waals surface area contributed by atoms with Gasteiger partial charge in [-0.15, -0.1) is 0 Å². The molecule has 6 nitrogen and oxygen atoms in total. The van der Waals surface area contributed by atoms with Gasteiger partial charge in [-0.1, -0.05) is 229 Å². The molecule has 6 heteroatoms. The number of rotatable bonds is 48. The van der Waals surface area contributed by atoms with Crippen molar-refractivity contribution in [3.05, 3.63) is 60.8 Å². The molecule has 0 amide bonds. The zero-order valence-electron chi connectivity index (χ0n) is 41.6. The standard InChI is InChI=1S/C57H100O6/c1-4-7-10-13-15-17-19-20-21-22-23-24-25-26-27-28-29-30-31-32-33-34-35-36-38-39-41-44-47-50-56(59)62-53-54(52-61-55(58)49-46-43-12-9-6-3)63-57(60)51-48-45-42-40-37-18-16-14-11-8-5-2/h7,10,14-17,20-21,23-24,54H,4-6,8-9,11-13,18-19,22,25-53H2,1-3H3/b10-7-,16-14-,17-15-,21-20-,24-23-. The first-order chi connectivity index (χ1) is 31.0. The lowest BCUT2D eigenvalue weighted by Gasteiger charge is -2.18. The van der Waals surface area contributed by atoms with Crippen molar-refractivity contribution >= 4 is 17.9 Å². The molecular formula is C57H100O6. The van der Waals surface area contributed by atoms with E-state index in [1.165, 1.54) is 122 Å². The molecule has 1 atom stereocenters. The van der Waals surface area contributed by atoms with Crippen LogP contribution in [0.3, 0.4) is 0 Å². The lowest BCUT2D eigenvalue weighted by atomic mass is 10.0. The van der Waals surface area contributed by atoms with Crippen LogP contribution in [0.5, 0.6) is 0 Å². The van der Waals surface area contributed by atoms with E-state index in [1.54, 1.807) is 0 Å². The molecule has 1 unspecified atom stereocenters. The average Bonchev–Trinajstić information content (AvgIpc) is 3.28. The Labute approximate surface area is 390 Å². The molecule has 0 N–H and O–H groups in total. The van der Waals surface area contributed by atoms with Gasteiger partial charge in [0.05, 0.1) is 0 Å². The second-order valence-electron chi connectivity index (χ2n) is 17.8. The van der Waals surface area contributed by atoms with Crippen LogP contribution in [0.25, 0.3) is 0 Å². The Hall–Kier alpha value is -2.89. The minimum absolute atomic E-state index is 0.0755. The summed E-state index contributed by atoms with van der Waals surface area (Å²) in [5.41, 5.74) is 0. The summed E-state index contributed by atoms with van der Waals surface area (Å²) in [7, 11) is 0. The van der Waals surface area contributed by atoms with Crippen LogP contribution in [0.15, 0.2) is 60.8 Å². The van der Waals surface area contributed by atoms with Crippen LogP contribution in [-0.4, -0.2) is 37.2 Å². The third kappa shape index (κ3) is 50.0. The Balaban J connectivity index is 3.95. The second kappa shape index (κ2) is 51.7. The minimum Gasteiger partial charge on any atom is -0.462 e. The van der Waals surface area contributed by atoms with E-state index in [2.05, 4.69) is 81.5 Å². The van der Waals surface area contributed by atoms with Crippen LogP contribution >= 0.6 is 0 Å². The summed E-state index contributed by atoms with van der Waals surface area (Å²) in [6.45, 7) is 6.40. The number of carbonyl (C=O) groups excluding carboxylic acids is 3. The topological polar surface area (TPSA) is 78.9 Å². The summed E-state index contributed by atoms with van der Waals surface area (Å²) in [4.78, 5) is 37.6. The molecule has 364 valence electrons. The van der Waals surface area contributed by atoms with Gasteiger partial charge in [0.1, 0.15) is 13.2 Å². The molecule has 0 aliphatic heterocycles. The van der Waals surface area contributed by atoms with Crippen molar-refractivity contribution in [2.24, 2.45) is 0 Å². The molecule has 63 heavy (non-hydrogen) atoms. The smallest absolute Gasteiger partial charge is 0.306 e. The van der Waals surface area contributed by atoms with Gasteiger partial charge in [-0.2, -0.15) is 0 Å². The summed E-state index contributed by atoms with van der Waals surface area (Å²) in [5, 5.41) is 0. The van der Waals surface area contributed by atoms with Gasteiger partial charge in [0.2, 0.25) is 0 Å². The first-order valence-corrected chi connectivity index (χ1v) is 26.8. The average molecular weight is 881 g/mol. The molecule has 0 aromatic carbocycles. The Bertz CT molecular complexity index is 1150. The summed E-state index contributed by atoms with van der Waals surface area (Å²) >= 11 is 0. The number of hydrogen-bond acceptors (Lipinski definition) is 6. The first kappa shape index (κ1) is 60.1. The van der Waals surface area contributed by atoms with E-state index in [1.807, 2.05) is 0 Å². The number of hydrogen-bond donors (Lipinski definition) is 0. The Morgan fingerprint density at radius 3 is 1.03 bits per heavy atom. The van der Waals surface area contributed by atoms with Crippen LogP contribution in [-0.2, 0) is 28.6 Å². The molecule has 0 bridgehead atoms. The highest BCUT2D eigenvalue weighted by Crippen LogP contribution is 2.16. The molecule has 0 spiro atoms. The van der Waals surface area contributed by atoms with Crippen molar-refractivity contribution in [3.8, 4) is 0 Å². The monoisotopic (exact) mass is 881 g/mol. The summed E-state index contributed by atoms with van der Waals surface area (Å²) < 4.78 is 16.6. The number of unbranched alkanes of at least 4 members (excludes halogenated alkanes) is 27. The zero-order valence-corrected chi connectivity index (χ0v) is 41.6. The van der Waals surface area contributed by atoms with E-state index in [0.717, 1.165) is 103 Å². The van der Waals surface area contributed by atoms with Crippen molar-refractivity contribution in [1.29, 1.82) is 0 Å². The Kier molecular flexibility index (Phi) is 49.4. The highest BCUT2D eigenvalue weighted by Gasteiger charge is 2.19. The van der Waals surface area contributed by atoms with E-state index < -0.39 is 6.10 Å². The molecule has 0 rings (SSSR count). The van der Waals surface area contributed by atoms with E-state index in [0.29, 0.717) is 19.3 Å². The van der Waals surface area contributed by atoms with Gasteiger partial charge in [0.15, 0.2) is 6.10 Å². The fraction of sp³-hybridized carbons (Fsp3) is 0.772. The van der Waals surface area contributed by atoms with E-state index in [4.69, 9.17) is 14.2 Å². The third-order valence-electron chi connectivity index (χ3n) is 11.5. The van der Waals surface area contributed by atoms with Crippen molar-refractivity contribution in [2.45, 2.75) is 271 Å². The highest BCUT2D eigenvalue weighted by molar-refractivity contribution is 5.71. The Morgan fingerprint density at radius 1 is 0.333 bits per heavy atom. The minimum atomic E-state index is -0.771. The van der Waals surface area contributed by atoms with Crippen molar-refractivity contribution in [2.75, 3.05) is 13.2 Å². The normalized spacial score (nSPS) is 12.5. The van der Waals surface area contributed by atoms with E-state index in [9.17, 15) is 14.4 Å². The van der Waals surface area contributed by atoms with E-state index in [-0.39, 0.29) is 31.1 Å². The lowest BCUT2D eigenvalue weighted by Crippen LogP contribution is -2.30. The van der Waals surface area contributed by atoms with Gasteiger partial charge in [-0.3, -0.25) is 14.4 Å².